The van der Waals surface area contributed by atoms with Crippen LogP contribution in [0.3, 0.4) is 0 Å². The highest BCUT2D eigenvalue weighted by molar-refractivity contribution is 5.92. The highest BCUT2D eigenvalue weighted by atomic mass is 19.1. The summed E-state index contributed by atoms with van der Waals surface area (Å²) in [5.74, 6) is -2.93. The smallest absolute Gasteiger partial charge is 0.246 e. The van der Waals surface area contributed by atoms with Crippen LogP contribution in [0.4, 0.5) is 13.2 Å². The molecule has 3 atom stereocenters. The van der Waals surface area contributed by atoms with E-state index in [0.29, 0.717) is 18.5 Å². The Morgan fingerprint density at radius 2 is 1.69 bits per heavy atom. The second-order valence-corrected chi connectivity index (χ2v) is 9.40. The van der Waals surface area contributed by atoms with Crippen molar-refractivity contribution in [3.8, 4) is 0 Å². The van der Waals surface area contributed by atoms with Gasteiger partial charge in [0.1, 0.15) is 29.5 Å². The van der Waals surface area contributed by atoms with Gasteiger partial charge in [0.05, 0.1) is 12.5 Å². The zero-order chi connectivity index (χ0) is 25.8. The number of hydrogen-bond acceptors (Lipinski definition) is 3. The third-order valence-electron chi connectivity index (χ3n) is 6.34. The lowest BCUT2D eigenvalue weighted by Gasteiger charge is -2.32. The van der Waals surface area contributed by atoms with Crippen molar-refractivity contribution in [3.05, 3.63) is 83.2 Å². The molecule has 3 amide bonds. The minimum Gasteiger partial charge on any atom is -0.344 e. The number of rotatable bonds is 8. The van der Waals surface area contributed by atoms with Crippen molar-refractivity contribution >= 4 is 17.7 Å². The fourth-order valence-corrected chi connectivity index (χ4v) is 4.29. The molecule has 2 N–H and O–H groups in total. The van der Waals surface area contributed by atoms with Gasteiger partial charge in [-0.1, -0.05) is 24.3 Å². The molecule has 0 bridgehead atoms. The Balaban J connectivity index is 1.40. The number of benzene rings is 2. The van der Waals surface area contributed by atoms with Gasteiger partial charge >= 0.3 is 0 Å². The molecule has 190 valence electrons. The van der Waals surface area contributed by atoms with Crippen LogP contribution < -0.4 is 10.6 Å². The summed E-state index contributed by atoms with van der Waals surface area (Å²) in [6.45, 7) is 2.01. The molecule has 0 unspecified atom stereocenters. The lowest BCUT2D eigenvalue weighted by atomic mass is 10.0. The van der Waals surface area contributed by atoms with Gasteiger partial charge in [0.25, 0.3) is 0 Å². The highest BCUT2D eigenvalue weighted by Crippen LogP contribution is 2.35. The highest BCUT2D eigenvalue weighted by Gasteiger charge is 2.36. The Kier molecular flexibility index (Phi) is 7.76. The van der Waals surface area contributed by atoms with E-state index in [1.807, 2.05) is 12.2 Å². The summed E-state index contributed by atoms with van der Waals surface area (Å²) in [6.07, 6.45) is 5.74. The van der Waals surface area contributed by atoms with Gasteiger partial charge in [-0.3, -0.25) is 14.4 Å². The molecule has 2 aromatic rings. The fraction of sp³-hybridized carbons (Fsp3) is 0.370. The Labute approximate surface area is 207 Å². The maximum absolute atomic E-state index is 13.5. The molecule has 1 aliphatic carbocycles. The molecule has 0 spiro atoms. The first-order valence-corrected chi connectivity index (χ1v) is 12.0. The molecule has 0 saturated heterocycles. The first-order valence-electron chi connectivity index (χ1n) is 12.0. The molecular weight excluding hydrogens is 471 g/mol. The summed E-state index contributed by atoms with van der Waals surface area (Å²) in [5, 5.41) is 5.23. The predicted octanol–water partition coefficient (Wildman–Crippen LogP) is 3.58. The van der Waals surface area contributed by atoms with Gasteiger partial charge in [-0.05, 0) is 67.5 Å². The maximum atomic E-state index is 13.5. The predicted molar refractivity (Wildman–Crippen MR) is 127 cm³/mol. The fourth-order valence-electron chi connectivity index (χ4n) is 4.29. The van der Waals surface area contributed by atoms with Crippen LogP contribution in [0.1, 0.15) is 43.4 Å². The van der Waals surface area contributed by atoms with E-state index < -0.39 is 35.5 Å². The van der Waals surface area contributed by atoms with Crippen LogP contribution in [0, 0.1) is 23.4 Å². The van der Waals surface area contributed by atoms with Gasteiger partial charge < -0.3 is 15.5 Å². The average Bonchev–Trinajstić information content (AvgIpc) is 3.64. The molecular formula is C27H28F3N3O3. The third-order valence-corrected chi connectivity index (χ3v) is 6.34. The second-order valence-electron chi connectivity index (χ2n) is 9.40. The van der Waals surface area contributed by atoms with Crippen molar-refractivity contribution in [3.63, 3.8) is 0 Å². The second kappa shape index (κ2) is 11.0. The van der Waals surface area contributed by atoms with Crippen molar-refractivity contribution < 1.29 is 27.6 Å². The zero-order valence-electron chi connectivity index (χ0n) is 19.8. The molecule has 9 heteroatoms. The summed E-state index contributed by atoms with van der Waals surface area (Å²) in [5.41, 5.74) is 0.923. The molecule has 1 saturated carbocycles. The molecule has 0 radical (unpaired) electrons. The number of carbonyl (C=O) groups excluding carboxylic acids is 3. The standard InChI is InChI=1S/C27H28F3N3O3/c1-16(31-25(34)13-18-11-21(29)14-22(30)12-18)26(35)32-23-3-2-4-24(19-7-9-20(28)10-8-19)33(27(23)36)15-17-5-6-17/h2,4,7-12,14,16-17,23-24H,3,5-6,13,15H2,1H3,(H,31,34)(H,32,35)/t16-,23-,24-/m0/s1. The number of nitrogens with zero attached hydrogens (tertiary/aromatic N) is 1. The minimum absolute atomic E-state index is 0.143. The molecule has 2 aromatic carbocycles. The van der Waals surface area contributed by atoms with Crippen molar-refractivity contribution in [2.75, 3.05) is 6.54 Å². The van der Waals surface area contributed by atoms with E-state index in [2.05, 4.69) is 10.6 Å². The average molecular weight is 500 g/mol. The van der Waals surface area contributed by atoms with E-state index in [4.69, 9.17) is 0 Å². The number of halogens is 3. The van der Waals surface area contributed by atoms with E-state index in [1.165, 1.54) is 19.1 Å². The molecule has 2 aliphatic rings. The summed E-state index contributed by atoms with van der Waals surface area (Å²) in [4.78, 5) is 40.3. The number of nitrogens with one attached hydrogen (secondary N) is 2. The van der Waals surface area contributed by atoms with Gasteiger partial charge in [0, 0.05) is 12.6 Å². The lowest BCUT2D eigenvalue weighted by Crippen LogP contribution is -2.53. The van der Waals surface area contributed by atoms with Crippen molar-refractivity contribution in [2.24, 2.45) is 5.92 Å². The summed E-state index contributed by atoms with van der Waals surface area (Å²) in [6, 6.07) is 6.66. The number of hydrogen-bond donors (Lipinski definition) is 2. The van der Waals surface area contributed by atoms with E-state index in [9.17, 15) is 27.6 Å². The van der Waals surface area contributed by atoms with E-state index in [-0.39, 0.29) is 36.2 Å². The van der Waals surface area contributed by atoms with Crippen LogP contribution in [0.15, 0.2) is 54.6 Å². The number of carbonyl (C=O) groups is 3. The monoisotopic (exact) mass is 499 g/mol. The largest absolute Gasteiger partial charge is 0.344 e. The van der Waals surface area contributed by atoms with Crippen LogP contribution in [0.2, 0.25) is 0 Å². The first-order chi connectivity index (χ1) is 17.2. The molecule has 1 aliphatic heterocycles. The molecule has 1 heterocycles. The van der Waals surface area contributed by atoms with Gasteiger partial charge in [0.2, 0.25) is 17.7 Å². The molecule has 0 aromatic heterocycles. The molecule has 36 heavy (non-hydrogen) atoms. The quantitative estimate of drug-likeness (QED) is 0.545. The zero-order valence-corrected chi connectivity index (χ0v) is 19.8. The lowest BCUT2D eigenvalue weighted by molar-refractivity contribution is -0.138. The van der Waals surface area contributed by atoms with E-state index >= 15 is 0 Å². The van der Waals surface area contributed by atoms with E-state index in [0.717, 1.165) is 30.5 Å². The van der Waals surface area contributed by atoms with Crippen molar-refractivity contribution in [2.45, 2.75) is 50.7 Å². The van der Waals surface area contributed by atoms with E-state index in [1.54, 1.807) is 17.0 Å². The Bertz CT molecular complexity index is 1140. The van der Waals surface area contributed by atoms with Crippen LogP contribution in [0.25, 0.3) is 0 Å². The van der Waals surface area contributed by atoms with Crippen LogP contribution in [-0.2, 0) is 20.8 Å². The van der Waals surface area contributed by atoms with Gasteiger partial charge in [-0.15, -0.1) is 0 Å². The molecule has 1 fully saturated rings. The Hall–Kier alpha value is -3.62. The number of amides is 3. The third kappa shape index (κ3) is 6.53. The van der Waals surface area contributed by atoms with Crippen molar-refractivity contribution in [1.82, 2.24) is 15.5 Å². The normalized spacial score (nSPS) is 20.6. The van der Waals surface area contributed by atoms with Gasteiger partial charge in [-0.25, -0.2) is 13.2 Å². The summed E-state index contributed by atoms with van der Waals surface area (Å²) >= 11 is 0. The first kappa shape index (κ1) is 25.5. The van der Waals surface area contributed by atoms with Gasteiger partial charge in [0.15, 0.2) is 0 Å². The summed E-state index contributed by atoms with van der Waals surface area (Å²) in [7, 11) is 0. The summed E-state index contributed by atoms with van der Waals surface area (Å²) < 4.78 is 40.2. The van der Waals surface area contributed by atoms with Crippen molar-refractivity contribution in [1.29, 1.82) is 0 Å². The minimum atomic E-state index is -0.972. The van der Waals surface area contributed by atoms with Gasteiger partial charge in [-0.2, -0.15) is 0 Å². The van der Waals surface area contributed by atoms with Crippen LogP contribution in [0.5, 0.6) is 0 Å². The Morgan fingerprint density at radius 1 is 1.03 bits per heavy atom. The molecule has 4 rings (SSSR count). The Morgan fingerprint density at radius 3 is 2.33 bits per heavy atom. The topological polar surface area (TPSA) is 78.5 Å². The maximum Gasteiger partial charge on any atom is 0.246 e. The van der Waals surface area contributed by atoms with Crippen LogP contribution >= 0.6 is 0 Å². The van der Waals surface area contributed by atoms with Crippen LogP contribution in [-0.4, -0.2) is 41.2 Å². The SMILES string of the molecule is C[C@H](NC(=O)Cc1cc(F)cc(F)c1)C(=O)N[C@H]1CC=C[C@@H](c2ccc(F)cc2)N(CC2CC2)C1=O. The molecule has 6 nitrogen and oxygen atoms in total.